The van der Waals surface area contributed by atoms with Crippen molar-refractivity contribution in [2.24, 2.45) is 5.73 Å². The second-order valence-corrected chi connectivity index (χ2v) is 6.64. The quantitative estimate of drug-likeness (QED) is 0.871. The number of benzene rings is 1. The van der Waals surface area contributed by atoms with Gasteiger partial charge in [-0.15, -0.1) is 0 Å². The zero-order valence-corrected chi connectivity index (χ0v) is 15.0. The zero-order chi connectivity index (χ0) is 17.5. The average Bonchev–Trinajstić information content (AvgIpc) is 3.15. The van der Waals surface area contributed by atoms with Gasteiger partial charge >= 0.3 is 0 Å². The minimum atomic E-state index is 0.762. The molecule has 0 radical (unpaired) electrons. The Morgan fingerprint density at radius 1 is 1.12 bits per heavy atom. The lowest BCUT2D eigenvalue weighted by Crippen LogP contribution is -2.19. The molecule has 1 aliphatic heterocycles. The van der Waals surface area contributed by atoms with E-state index in [-0.39, 0.29) is 0 Å². The SMILES string of the molecule is Cc1ccc(C(=CCN2CCCC2)c2cccc(CC=CN)n2)cc1. The van der Waals surface area contributed by atoms with E-state index in [2.05, 4.69) is 60.4 Å². The Balaban J connectivity index is 1.92. The molecule has 0 amide bonds. The third-order valence-electron chi connectivity index (χ3n) is 4.66. The zero-order valence-electron chi connectivity index (χ0n) is 15.0. The molecule has 2 N–H and O–H groups in total. The number of hydrogen-bond donors (Lipinski definition) is 1. The van der Waals surface area contributed by atoms with E-state index < -0.39 is 0 Å². The number of hydrogen-bond acceptors (Lipinski definition) is 3. The maximum absolute atomic E-state index is 5.47. The Kier molecular flexibility index (Phi) is 6.02. The normalized spacial score (nSPS) is 16.0. The lowest BCUT2D eigenvalue weighted by atomic mass is 10.00. The van der Waals surface area contributed by atoms with E-state index in [0.29, 0.717) is 0 Å². The number of pyridine rings is 1. The Labute approximate surface area is 150 Å². The van der Waals surface area contributed by atoms with Gasteiger partial charge in [0, 0.05) is 24.2 Å². The fourth-order valence-corrected chi connectivity index (χ4v) is 3.22. The number of allylic oxidation sites excluding steroid dienone is 1. The van der Waals surface area contributed by atoms with Crippen molar-refractivity contribution in [3.05, 3.63) is 83.3 Å². The van der Waals surface area contributed by atoms with Crippen LogP contribution in [0.25, 0.3) is 5.57 Å². The molecule has 1 aromatic heterocycles. The van der Waals surface area contributed by atoms with Crippen LogP contribution in [0.2, 0.25) is 0 Å². The molecule has 2 heterocycles. The fourth-order valence-electron chi connectivity index (χ4n) is 3.22. The van der Waals surface area contributed by atoms with Gasteiger partial charge in [0.15, 0.2) is 0 Å². The maximum Gasteiger partial charge on any atom is 0.0708 e. The minimum absolute atomic E-state index is 0.762. The van der Waals surface area contributed by atoms with Crippen molar-refractivity contribution in [2.75, 3.05) is 19.6 Å². The molecule has 0 bridgehead atoms. The molecule has 3 nitrogen and oxygen atoms in total. The molecular formula is C22H27N3. The van der Waals surface area contributed by atoms with Crippen LogP contribution < -0.4 is 5.73 Å². The number of likely N-dealkylation sites (tertiary alicyclic amines) is 1. The fraction of sp³-hybridized carbons (Fsp3) is 0.318. The van der Waals surface area contributed by atoms with Crippen LogP contribution in [0.3, 0.4) is 0 Å². The van der Waals surface area contributed by atoms with Gasteiger partial charge < -0.3 is 5.73 Å². The van der Waals surface area contributed by atoms with Gasteiger partial charge in [0.05, 0.1) is 5.69 Å². The molecule has 1 aromatic carbocycles. The molecule has 0 aliphatic carbocycles. The highest BCUT2D eigenvalue weighted by atomic mass is 15.1. The van der Waals surface area contributed by atoms with Crippen molar-refractivity contribution < 1.29 is 0 Å². The van der Waals surface area contributed by atoms with Crippen molar-refractivity contribution >= 4 is 5.57 Å². The third-order valence-corrected chi connectivity index (χ3v) is 4.66. The highest BCUT2D eigenvalue weighted by Crippen LogP contribution is 2.23. The molecule has 0 atom stereocenters. The molecule has 1 saturated heterocycles. The van der Waals surface area contributed by atoms with Crippen molar-refractivity contribution in [2.45, 2.75) is 26.2 Å². The predicted molar refractivity (Wildman–Crippen MR) is 105 cm³/mol. The van der Waals surface area contributed by atoms with Gasteiger partial charge in [0.2, 0.25) is 0 Å². The summed E-state index contributed by atoms with van der Waals surface area (Å²) in [6, 6.07) is 15.0. The van der Waals surface area contributed by atoms with Gasteiger partial charge in [0.1, 0.15) is 0 Å². The van der Waals surface area contributed by atoms with Crippen molar-refractivity contribution in [3.8, 4) is 0 Å². The molecule has 2 aromatic rings. The first-order valence-electron chi connectivity index (χ1n) is 9.09. The highest BCUT2D eigenvalue weighted by molar-refractivity contribution is 5.78. The number of nitrogens with two attached hydrogens (primary N) is 1. The van der Waals surface area contributed by atoms with Crippen LogP contribution in [-0.4, -0.2) is 29.5 Å². The summed E-state index contributed by atoms with van der Waals surface area (Å²) in [6.45, 7) is 5.51. The molecule has 130 valence electrons. The third kappa shape index (κ3) is 4.80. The Morgan fingerprint density at radius 2 is 1.88 bits per heavy atom. The summed E-state index contributed by atoms with van der Waals surface area (Å²) in [5.74, 6) is 0. The van der Waals surface area contributed by atoms with Gasteiger partial charge in [-0.2, -0.15) is 0 Å². The summed E-state index contributed by atoms with van der Waals surface area (Å²) in [6.07, 6.45) is 9.24. The monoisotopic (exact) mass is 333 g/mol. The van der Waals surface area contributed by atoms with Crippen LogP contribution in [0.15, 0.2) is 60.8 Å². The summed E-state index contributed by atoms with van der Waals surface area (Å²) in [5, 5.41) is 0. The van der Waals surface area contributed by atoms with Gasteiger partial charge in [-0.25, -0.2) is 0 Å². The molecule has 25 heavy (non-hydrogen) atoms. The van der Waals surface area contributed by atoms with Gasteiger partial charge in [-0.1, -0.05) is 48.0 Å². The van der Waals surface area contributed by atoms with E-state index >= 15 is 0 Å². The van der Waals surface area contributed by atoms with E-state index in [1.807, 2.05) is 6.08 Å². The summed E-state index contributed by atoms with van der Waals surface area (Å²) < 4.78 is 0. The Bertz CT molecular complexity index is 738. The summed E-state index contributed by atoms with van der Waals surface area (Å²) in [4.78, 5) is 7.37. The smallest absolute Gasteiger partial charge is 0.0708 e. The van der Waals surface area contributed by atoms with E-state index in [1.54, 1.807) is 6.20 Å². The second kappa shape index (κ2) is 8.63. The van der Waals surface area contributed by atoms with E-state index in [9.17, 15) is 0 Å². The topological polar surface area (TPSA) is 42.1 Å². The van der Waals surface area contributed by atoms with Gasteiger partial charge in [0.25, 0.3) is 0 Å². The summed E-state index contributed by atoms with van der Waals surface area (Å²) in [5.41, 5.74) is 11.3. The van der Waals surface area contributed by atoms with Crippen molar-refractivity contribution in [1.82, 2.24) is 9.88 Å². The maximum atomic E-state index is 5.47. The number of aromatic nitrogens is 1. The number of aryl methyl sites for hydroxylation is 1. The molecular weight excluding hydrogens is 306 g/mol. The highest BCUT2D eigenvalue weighted by Gasteiger charge is 2.12. The van der Waals surface area contributed by atoms with E-state index in [4.69, 9.17) is 10.7 Å². The Morgan fingerprint density at radius 3 is 2.60 bits per heavy atom. The lowest BCUT2D eigenvalue weighted by Gasteiger charge is -2.14. The molecule has 3 rings (SSSR count). The van der Waals surface area contributed by atoms with Gasteiger partial charge in [-0.05, 0) is 56.8 Å². The molecule has 1 aliphatic rings. The lowest BCUT2D eigenvalue weighted by molar-refractivity contribution is 0.377. The van der Waals surface area contributed by atoms with Crippen LogP contribution in [0, 0.1) is 6.92 Å². The molecule has 0 unspecified atom stereocenters. The standard InChI is InChI=1S/C22H27N3/c1-18-9-11-19(12-10-18)21(13-17-25-15-2-3-16-25)22-8-4-6-20(24-22)7-5-14-23/h4-6,8-14H,2-3,7,15-17,23H2,1H3. The Hall–Kier alpha value is -2.39. The number of rotatable bonds is 6. The first kappa shape index (κ1) is 17.4. The molecule has 0 saturated carbocycles. The van der Waals surface area contributed by atoms with E-state index in [1.165, 1.54) is 42.6 Å². The molecule has 1 fully saturated rings. The summed E-state index contributed by atoms with van der Waals surface area (Å²) in [7, 11) is 0. The molecule has 3 heteroatoms. The average molecular weight is 333 g/mol. The van der Waals surface area contributed by atoms with Crippen LogP contribution >= 0.6 is 0 Å². The molecule has 0 spiro atoms. The van der Waals surface area contributed by atoms with Gasteiger partial charge in [-0.3, -0.25) is 9.88 Å². The predicted octanol–water partition coefficient (Wildman–Crippen LogP) is 3.93. The largest absolute Gasteiger partial charge is 0.405 e. The summed E-state index contributed by atoms with van der Waals surface area (Å²) >= 11 is 0. The van der Waals surface area contributed by atoms with Crippen LogP contribution in [0.5, 0.6) is 0 Å². The van der Waals surface area contributed by atoms with Crippen molar-refractivity contribution in [3.63, 3.8) is 0 Å². The number of nitrogens with zero attached hydrogens (tertiary/aromatic N) is 2. The van der Waals surface area contributed by atoms with Crippen molar-refractivity contribution in [1.29, 1.82) is 0 Å². The first-order valence-corrected chi connectivity index (χ1v) is 9.09. The first-order chi connectivity index (χ1) is 12.3. The van der Waals surface area contributed by atoms with Crippen LogP contribution in [0.4, 0.5) is 0 Å². The van der Waals surface area contributed by atoms with Crippen LogP contribution in [0.1, 0.15) is 35.4 Å². The van der Waals surface area contributed by atoms with Crippen LogP contribution in [-0.2, 0) is 6.42 Å². The second-order valence-electron chi connectivity index (χ2n) is 6.64. The minimum Gasteiger partial charge on any atom is -0.405 e. The van der Waals surface area contributed by atoms with E-state index in [0.717, 1.165) is 24.4 Å².